The number of nitrogens with zero attached hydrogens (tertiary/aromatic N) is 1. The second kappa shape index (κ2) is 7.26. The molecule has 2 rings (SSSR count). The highest BCUT2D eigenvalue weighted by atomic mass is 28.2. The van der Waals surface area contributed by atoms with Gasteiger partial charge in [-0.2, -0.15) is 0 Å². The molecule has 2 nitrogen and oxygen atoms in total. The Morgan fingerprint density at radius 2 is 1.75 bits per heavy atom. The Morgan fingerprint density at radius 3 is 2.33 bits per heavy atom. The smallest absolute Gasteiger partial charge is 0.142 e. The second-order valence-corrected chi connectivity index (χ2v) is 9.46. The SMILES string of the molecule is C=C(C)c1cccc([SiH2]c2cccc(N(C)C)c2OC(C)(C)C)c1. The summed E-state index contributed by atoms with van der Waals surface area (Å²) < 4.78 is 6.35. The van der Waals surface area contributed by atoms with Gasteiger partial charge in [-0.05, 0) is 44.5 Å². The lowest BCUT2D eigenvalue weighted by molar-refractivity contribution is 0.133. The number of para-hydroxylation sites is 1. The Morgan fingerprint density at radius 1 is 1.08 bits per heavy atom. The van der Waals surface area contributed by atoms with Crippen LogP contribution in [0.4, 0.5) is 5.69 Å². The molecule has 0 saturated heterocycles. The Balaban J connectivity index is 2.44. The third-order valence-corrected chi connectivity index (χ3v) is 5.57. The van der Waals surface area contributed by atoms with Gasteiger partial charge in [-0.3, -0.25) is 0 Å². The van der Waals surface area contributed by atoms with E-state index in [9.17, 15) is 0 Å². The zero-order chi connectivity index (χ0) is 17.9. The van der Waals surface area contributed by atoms with Gasteiger partial charge in [-0.1, -0.05) is 53.7 Å². The third-order valence-electron chi connectivity index (χ3n) is 3.78. The van der Waals surface area contributed by atoms with Crippen LogP contribution >= 0.6 is 0 Å². The molecule has 0 N–H and O–H groups in total. The van der Waals surface area contributed by atoms with E-state index in [0.29, 0.717) is 0 Å². The van der Waals surface area contributed by atoms with Crippen LogP contribution in [0.3, 0.4) is 0 Å². The molecule has 0 aliphatic heterocycles. The largest absolute Gasteiger partial charge is 0.486 e. The van der Waals surface area contributed by atoms with E-state index in [0.717, 1.165) is 17.0 Å². The van der Waals surface area contributed by atoms with E-state index in [4.69, 9.17) is 4.74 Å². The van der Waals surface area contributed by atoms with Crippen LogP contribution in [0.25, 0.3) is 5.57 Å². The Labute approximate surface area is 149 Å². The zero-order valence-corrected chi connectivity index (χ0v) is 17.2. The van der Waals surface area contributed by atoms with Gasteiger partial charge < -0.3 is 9.64 Å². The van der Waals surface area contributed by atoms with Crippen molar-refractivity contribution in [1.29, 1.82) is 0 Å². The fourth-order valence-electron chi connectivity index (χ4n) is 2.65. The average Bonchev–Trinajstić information content (AvgIpc) is 2.47. The van der Waals surface area contributed by atoms with Crippen molar-refractivity contribution in [3.05, 3.63) is 54.6 Å². The van der Waals surface area contributed by atoms with Crippen molar-refractivity contribution in [3.8, 4) is 5.75 Å². The fraction of sp³-hybridized carbons (Fsp3) is 0.333. The van der Waals surface area contributed by atoms with Crippen LogP contribution in [-0.4, -0.2) is 29.2 Å². The van der Waals surface area contributed by atoms with E-state index < -0.39 is 9.52 Å². The molecule has 0 radical (unpaired) electrons. The lowest BCUT2D eigenvalue weighted by atomic mass is 10.1. The van der Waals surface area contributed by atoms with Gasteiger partial charge in [0.25, 0.3) is 0 Å². The van der Waals surface area contributed by atoms with Gasteiger partial charge in [0.15, 0.2) is 0 Å². The first kappa shape index (κ1) is 18.3. The van der Waals surface area contributed by atoms with Crippen LogP contribution in [0, 0.1) is 0 Å². The monoisotopic (exact) mass is 339 g/mol. The van der Waals surface area contributed by atoms with Crippen molar-refractivity contribution >= 4 is 31.2 Å². The molecule has 0 amide bonds. The van der Waals surface area contributed by atoms with Crippen molar-refractivity contribution in [2.45, 2.75) is 33.3 Å². The van der Waals surface area contributed by atoms with E-state index in [2.05, 4.69) is 95.7 Å². The summed E-state index contributed by atoms with van der Waals surface area (Å²) >= 11 is 0. The molecule has 0 bridgehead atoms. The molecule has 2 aromatic rings. The number of benzene rings is 2. The van der Waals surface area contributed by atoms with Gasteiger partial charge in [0.2, 0.25) is 0 Å². The highest BCUT2D eigenvalue weighted by Crippen LogP contribution is 2.27. The normalized spacial score (nSPS) is 11.8. The minimum atomic E-state index is -0.632. The molecule has 0 aromatic heterocycles. The maximum absolute atomic E-state index is 6.35. The quantitative estimate of drug-likeness (QED) is 0.776. The molecule has 0 aliphatic carbocycles. The van der Waals surface area contributed by atoms with Crippen molar-refractivity contribution in [2.75, 3.05) is 19.0 Å². The van der Waals surface area contributed by atoms with Gasteiger partial charge in [0.05, 0.1) is 15.2 Å². The standard InChI is InChI=1S/C21H29NOSi/c1-15(2)16-10-8-11-17(14-16)24-19-13-9-12-18(22(6)7)20(19)23-21(3,4)5/h8-14H,1,24H2,2-7H3. The summed E-state index contributed by atoms with van der Waals surface area (Å²) in [5.74, 6) is 1.03. The lowest BCUT2D eigenvalue weighted by Crippen LogP contribution is -2.34. The molecule has 0 atom stereocenters. The van der Waals surface area contributed by atoms with Crippen LogP contribution < -0.4 is 20.0 Å². The fourth-order valence-corrected chi connectivity index (χ4v) is 4.34. The van der Waals surface area contributed by atoms with Gasteiger partial charge in [-0.25, -0.2) is 0 Å². The molecule has 3 heteroatoms. The molecule has 0 unspecified atom stereocenters. The first-order chi connectivity index (χ1) is 11.2. The van der Waals surface area contributed by atoms with Crippen LogP contribution in [0.15, 0.2) is 49.0 Å². The van der Waals surface area contributed by atoms with Crippen LogP contribution in [-0.2, 0) is 0 Å². The molecule has 0 heterocycles. The van der Waals surface area contributed by atoms with E-state index >= 15 is 0 Å². The predicted molar refractivity (Wildman–Crippen MR) is 110 cm³/mol. The van der Waals surface area contributed by atoms with Crippen molar-refractivity contribution in [2.24, 2.45) is 0 Å². The van der Waals surface area contributed by atoms with Gasteiger partial charge in [0, 0.05) is 14.1 Å². The molecule has 24 heavy (non-hydrogen) atoms. The molecule has 0 spiro atoms. The minimum Gasteiger partial charge on any atom is -0.486 e. The summed E-state index contributed by atoms with van der Waals surface area (Å²) in [6.45, 7) is 12.4. The molecule has 0 saturated carbocycles. The summed E-state index contributed by atoms with van der Waals surface area (Å²) in [6.07, 6.45) is 0. The summed E-state index contributed by atoms with van der Waals surface area (Å²) in [6, 6.07) is 15.2. The third kappa shape index (κ3) is 4.75. The summed E-state index contributed by atoms with van der Waals surface area (Å²) in [5, 5.41) is 2.75. The highest BCUT2D eigenvalue weighted by molar-refractivity contribution is 6.68. The van der Waals surface area contributed by atoms with Crippen molar-refractivity contribution in [3.63, 3.8) is 0 Å². The molecule has 0 aliphatic rings. The number of hydrogen-bond acceptors (Lipinski definition) is 2. The highest BCUT2D eigenvalue weighted by Gasteiger charge is 2.19. The number of hydrogen-bond donors (Lipinski definition) is 0. The van der Waals surface area contributed by atoms with Crippen LogP contribution in [0.2, 0.25) is 0 Å². The average molecular weight is 340 g/mol. The summed E-state index contributed by atoms with van der Waals surface area (Å²) in [5.41, 5.74) is 3.27. The van der Waals surface area contributed by atoms with E-state index in [-0.39, 0.29) is 5.60 Å². The van der Waals surface area contributed by atoms with E-state index in [1.54, 1.807) is 0 Å². The first-order valence-electron chi connectivity index (χ1n) is 8.40. The minimum absolute atomic E-state index is 0.213. The molecular formula is C21H29NOSi. The van der Waals surface area contributed by atoms with Gasteiger partial charge in [-0.15, -0.1) is 0 Å². The van der Waals surface area contributed by atoms with E-state index in [1.807, 2.05) is 0 Å². The van der Waals surface area contributed by atoms with Gasteiger partial charge in [0.1, 0.15) is 11.4 Å². The van der Waals surface area contributed by atoms with Crippen LogP contribution in [0.1, 0.15) is 33.3 Å². The maximum atomic E-state index is 6.35. The first-order valence-corrected chi connectivity index (χ1v) is 9.82. The molecule has 0 fully saturated rings. The molecule has 128 valence electrons. The van der Waals surface area contributed by atoms with Crippen molar-refractivity contribution in [1.82, 2.24) is 0 Å². The molecular weight excluding hydrogens is 310 g/mol. The van der Waals surface area contributed by atoms with Crippen molar-refractivity contribution < 1.29 is 4.74 Å². The summed E-state index contributed by atoms with van der Waals surface area (Å²) in [7, 11) is 3.50. The van der Waals surface area contributed by atoms with Crippen LogP contribution in [0.5, 0.6) is 5.75 Å². The second-order valence-electron chi connectivity index (χ2n) is 7.53. The zero-order valence-electron chi connectivity index (χ0n) is 15.8. The molecule has 2 aromatic carbocycles. The maximum Gasteiger partial charge on any atom is 0.142 e. The summed E-state index contributed by atoms with van der Waals surface area (Å²) in [4.78, 5) is 2.13. The van der Waals surface area contributed by atoms with E-state index in [1.165, 1.54) is 15.9 Å². The number of rotatable bonds is 5. The van der Waals surface area contributed by atoms with Gasteiger partial charge >= 0.3 is 0 Å². The number of anilines is 1. The predicted octanol–water partition coefficient (Wildman–Crippen LogP) is 3.08. The lowest BCUT2D eigenvalue weighted by Gasteiger charge is -2.28. The number of ether oxygens (including phenoxy) is 1. The number of allylic oxidation sites excluding steroid dienone is 1. The topological polar surface area (TPSA) is 12.5 Å². The Hall–Kier alpha value is -2.00. The Bertz CT molecular complexity index is 729. The Kier molecular flexibility index (Phi) is 5.55.